The number of nitrogens with zero attached hydrogens (tertiary/aromatic N) is 7. The van der Waals surface area contributed by atoms with E-state index in [9.17, 15) is 4.79 Å². The molecule has 27 heavy (non-hydrogen) atoms. The fraction of sp³-hybridized carbons (Fsp3) is 0.556. The van der Waals surface area contributed by atoms with Gasteiger partial charge in [-0.1, -0.05) is 0 Å². The number of nitrogens with one attached hydrogen (secondary N) is 1. The number of carbonyl (C=O) groups excluding carboxylic acids is 1. The molecular formula is C18H28N8O. The van der Waals surface area contributed by atoms with Gasteiger partial charge in [0.25, 0.3) is 0 Å². The first-order valence-electron chi connectivity index (χ1n) is 9.12. The average molecular weight is 372 g/mol. The minimum Gasteiger partial charge on any atom is -0.362 e. The lowest BCUT2D eigenvalue weighted by Gasteiger charge is -2.22. The Balaban J connectivity index is 1.76. The van der Waals surface area contributed by atoms with Crippen molar-refractivity contribution in [2.24, 2.45) is 0 Å². The quantitative estimate of drug-likeness (QED) is 0.869. The summed E-state index contributed by atoms with van der Waals surface area (Å²) >= 11 is 0. The van der Waals surface area contributed by atoms with E-state index in [1.54, 1.807) is 14.1 Å². The van der Waals surface area contributed by atoms with Gasteiger partial charge in [0.05, 0.1) is 24.5 Å². The second-order valence-electron chi connectivity index (χ2n) is 7.25. The Morgan fingerprint density at radius 1 is 1.26 bits per heavy atom. The molecular weight excluding hydrogens is 344 g/mol. The minimum absolute atomic E-state index is 0.121. The van der Waals surface area contributed by atoms with Gasteiger partial charge < -0.3 is 20.0 Å². The summed E-state index contributed by atoms with van der Waals surface area (Å²) in [4.78, 5) is 26.7. The standard InChI is InChI=1S/C18H28N8O/c1-13-10-19-17(21-16(13)23(2)3)25-7-6-8-26-15(12-25)9-14(22-26)11-20-18(27)24(4)5/h9-10H,6-8,11-12H2,1-5H3,(H,20,27). The number of aryl methyl sites for hydroxylation is 2. The first-order chi connectivity index (χ1) is 12.8. The second-order valence-corrected chi connectivity index (χ2v) is 7.25. The highest BCUT2D eigenvalue weighted by molar-refractivity contribution is 5.73. The number of anilines is 2. The molecule has 1 aliphatic rings. The zero-order chi connectivity index (χ0) is 19.6. The van der Waals surface area contributed by atoms with Crippen LogP contribution in [0.15, 0.2) is 12.3 Å². The Hall–Kier alpha value is -2.84. The van der Waals surface area contributed by atoms with Crippen molar-refractivity contribution in [3.8, 4) is 0 Å². The van der Waals surface area contributed by atoms with Gasteiger partial charge in [-0.15, -0.1) is 0 Å². The van der Waals surface area contributed by atoms with Crippen LogP contribution < -0.4 is 15.1 Å². The summed E-state index contributed by atoms with van der Waals surface area (Å²) in [5.41, 5.74) is 3.03. The summed E-state index contributed by atoms with van der Waals surface area (Å²) < 4.78 is 2.03. The molecule has 2 aromatic heterocycles. The highest BCUT2D eigenvalue weighted by atomic mass is 16.2. The SMILES string of the molecule is Cc1cnc(N2CCCn3nc(CNC(=O)N(C)C)cc3C2)nc1N(C)C. The largest absolute Gasteiger partial charge is 0.362 e. The van der Waals surface area contributed by atoms with Crippen LogP contribution in [0.5, 0.6) is 0 Å². The van der Waals surface area contributed by atoms with Crippen LogP contribution in [0.4, 0.5) is 16.6 Å². The highest BCUT2D eigenvalue weighted by Gasteiger charge is 2.20. The van der Waals surface area contributed by atoms with Gasteiger partial charge in [-0.3, -0.25) is 4.68 Å². The van der Waals surface area contributed by atoms with Crippen molar-refractivity contribution >= 4 is 17.8 Å². The van der Waals surface area contributed by atoms with E-state index in [1.807, 2.05) is 36.8 Å². The molecule has 9 heteroatoms. The summed E-state index contributed by atoms with van der Waals surface area (Å²) in [6, 6.07) is 1.93. The van der Waals surface area contributed by atoms with E-state index in [0.717, 1.165) is 48.2 Å². The molecule has 2 amide bonds. The summed E-state index contributed by atoms with van der Waals surface area (Å²) in [5, 5.41) is 7.50. The van der Waals surface area contributed by atoms with E-state index in [-0.39, 0.29) is 6.03 Å². The van der Waals surface area contributed by atoms with Gasteiger partial charge in [0, 0.05) is 53.0 Å². The zero-order valence-electron chi connectivity index (χ0n) is 16.7. The molecule has 3 heterocycles. The molecule has 0 atom stereocenters. The van der Waals surface area contributed by atoms with E-state index in [4.69, 9.17) is 4.98 Å². The van der Waals surface area contributed by atoms with Crippen molar-refractivity contribution in [1.29, 1.82) is 0 Å². The molecule has 0 aromatic carbocycles. The monoisotopic (exact) mass is 372 g/mol. The Morgan fingerprint density at radius 2 is 2.04 bits per heavy atom. The molecule has 2 aromatic rings. The maximum atomic E-state index is 11.7. The number of urea groups is 1. The summed E-state index contributed by atoms with van der Waals surface area (Å²) in [6.07, 6.45) is 2.84. The number of carbonyl (C=O) groups is 1. The van der Waals surface area contributed by atoms with Crippen LogP contribution in [0.1, 0.15) is 23.4 Å². The summed E-state index contributed by atoms with van der Waals surface area (Å²) in [7, 11) is 7.42. The average Bonchev–Trinajstić information content (AvgIpc) is 2.90. The lowest BCUT2D eigenvalue weighted by molar-refractivity contribution is 0.217. The van der Waals surface area contributed by atoms with E-state index in [0.29, 0.717) is 13.1 Å². The highest BCUT2D eigenvalue weighted by Crippen LogP contribution is 2.22. The van der Waals surface area contributed by atoms with Gasteiger partial charge in [-0.05, 0) is 19.4 Å². The van der Waals surface area contributed by atoms with Crippen LogP contribution in [-0.4, -0.2) is 65.4 Å². The third-order valence-electron chi connectivity index (χ3n) is 4.53. The predicted octanol–water partition coefficient (Wildman–Crippen LogP) is 1.23. The first kappa shape index (κ1) is 18.9. The fourth-order valence-electron chi connectivity index (χ4n) is 3.13. The Kier molecular flexibility index (Phi) is 5.48. The molecule has 0 aliphatic carbocycles. The molecule has 1 aliphatic heterocycles. The Morgan fingerprint density at radius 3 is 2.74 bits per heavy atom. The number of fused-ring (bicyclic) bond motifs is 1. The molecule has 0 radical (unpaired) electrons. The maximum absolute atomic E-state index is 11.7. The van der Waals surface area contributed by atoms with E-state index in [2.05, 4.69) is 26.4 Å². The van der Waals surface area contributed by atoms with Crippen LogP contribution in [0.25, 0.3) is 0 Å². The summed E-state index contributed by atoms with van der Waals surface area (Å²) in [6.45, 7) is 4.87. The molecule has 0 fully saturated rings. The first-order valence-corrected chi connectivity index (χ1v) is 9.12. The van der Waals surface area contributed by atoms with Gasteiger partial charge in [0.2, 0.25) is 5.95 Å². The molecule has 0 saturated heterocycles. The van der Waals surface area contributed by atoms with Crippen molar-refractivity contribution in [3.63, 3.8) is 0 Å². The van der Waals surface area contributed by atoms with E-state index < -0.39 is 0 Å². The van der Waals surface area contributed by atoms with Gasteiger partial charge >= 0.3 is 6.03 Å². The fourth-order valence-corrected chi connectivity index (χ4v) is 3.13. The van der Waals surface area contributed by atoms with E-state index in [1.165, 1.54) is 4.90 Å². The van der Waals surface area contributed by atoms with Gasteiger partial charge in [0.1, 0.15) is 5.82 Å². The molecule has 0 saturated carbocycles. The van der Waals surface area contributed by atoms with E-state index >= 15 is 0 Å². The molecule has 1 N–H and O–H groups in total. The molecule has 3 rings (SSSR count). The van der Waals surface area contributed by atoms with Crippen LogP contribution in [0.3, 0.4) is 0 Å². The van der Waals surface area contributed by atoms with Crippen molar-refractivity contribution in [3.05, 3.63) is 29.2 Å². The lowest BCUT2D eigenvalue weighted by atomic mass is 10.3. The van der Waals surface area contributed by atoms with Gasteiger partial charge in [-0.25, -0.2) is 9.78 Å². The van der Waals surface area contributed by atoms with Gasteiger partial charge in [-0.2, -0.15) is 10.1 Å². The second kappa shape index (κ2) is 7.81. The number of rotatable bonds is 4. The third-order valence-corrected chi connectivity index (χ3v) is 4.53. The molecule has 0 spiro atoms. The van der Waals surface area contributed by atoms with Crippen LogP contribution >= 0.6 is 0 Å². The smallest absolute Gasteiger partial charge is 0.317 e. The number of amides is 2. The Labute approximate surface area is 160 Å². The zero-order valence-corrected chi connectivity index (χ0v) is 16.7. The molecule has 0 unspecified atom stereocenters. The minimum atomic E-state index is -0.121. The Bertz CT molecular complexity index is 814. The van der Waals surface area contributed by atoms with Crippen molar-refractivity contribution in [2.45, 2.75) is 33.0 Å². The molecule has 146 valence electrons. The molecule has 0 bridgehead atoms. The lowest BCUT2D eigenvalue weighted by Crippen LogP contribution is -2.34. The third kappa shape index (κ3) is 4.29. The number of aromatic nitrogens is 4. The predicted molar refractivity (Wildman–Crippen MR) is 105 cm³/mol. The van der Waals surface area contributed by atoms with Crippen molar-refractivity contribution < 1.29 is 4.79 Å². The van der Waals surface area contributed by atoms with Crippen LogP contribution in [0, 0.1) is 6.92 Å². The normalized spacial score (nSPS) is 13.7. The van der Waals surface area contributed by atoms with Crippen LogP contribution in [0.2, 0.25) is 0 Å². The summed E-state index contributed by atoms with van der Waals surface area (Å²) in [5.74, 6) is 1.67. The van der Waals surface area contributed by atoms with Gasteiger partial charge in [0.15, 0.2) is 0 Å². The maximum Gasteiger partial charge on any atom is 0.317 e. The van der Waals surface area contributed by atoms with Crippen molar-refractivity contribution in [1.82, 2.24) is 30.0 Å². The molecule has 9 nitrogen and oxygen atoms in total. The van der Waals surface area contributed by atoms with Crippen molar-refractivity contribution in [2.75, 3.05) is 44.5 Å². The van der Waals surface area contributed by atoms with Crippen LogP contribution in [-0.2, 0) is 19.6 Å². The topological polar surface area (TPSA) is 82.4 Å². The number of hydrogen-bond donors (Lipinski definition) is 1. The number of hydrogen-bond acceptors (Lipinski definition) is 6.